The first kappa shape index (κ1) is 15.5. The average molecular weight is 334 g/mol. The minimum Gasteiger partial charge on any atom is -0.351 e. The lowest BCUT2D eigenvalue weighted by Gasteiger charge is -2.06. The van der Waals surface area contributed by atoms with Crippen molar-refractivity contribution in [2.45, 2.75) is 19.4 Å². The normalized spacial score (nSPS) is 13.8. The van der Waals surface area contributed by atoms with Crippen LogP contribution in [-0.2, 0) is 11.3 Å². The van der Waals surface area contributed by atoms with Crippen molar-refractivity contribution in [3.63, 3.8) is 0 Å². The van der Waals surface area contributed by atoms with Gasteiger partial charge >= 0.3 is 0 Å². The maximum Gasteiger partial charge on any atom is 0.234 e. The van der Waals surface area contributed by atoms with E-state index in [9.17, 15) is 4.79 Å². The number of halogens is 2. The number of hydrogen-bond donors (Lipinski definition) is 2. The molecule has 2 N–H and O–H groups in total. The summed E-state index contributed by atoms with van der Waals surface area (Å²) in [5, 5.41) is 6.07. The fraction of sp³-hybridized carbons (Fsp3) is 0.462. The van der Waals surface area contributed by atoms with Crippen molar-refractivity contribution >= 4 is 34.2 Å². The molecule has 1 amide bonds. The molecule has 0 radical (unpaired) electrons. The molecule has 0 bridgehead atoms. The molecule has 1 aliphatic carbocycles. The summed E-state index contributed by atoms with van der Waals surface area (Å²) < 4.78 is 1.05. The number of carbonyl (C=O) groups excluding carboxylic acids is 1. The van der Waals surface area contributed by atoms with Gasteiger partial charge in [-0.1, -0.05) is 28.1 Å². The summed E-state index contributed by atoms with van der Waals surface area (Å²) in [6.45, 7) is 2.00. The Kier molecular flexibility index (Phi) is 6.68. The van der Waals surface area contributed by atoms with Crippen molar-refractivity contribution in [1.29, 1.82) is 0 Å². The molecule has 1 fully saturated rings. The van der Waals surface area contributed by atoms with Gasteiger partial charge in [-0.3, -0.25) is 4.79 Å². The van der Waals surface area contributed by atoms with Gasteiger partial charge in [0.15, 0.2) is 0 Å². The van der Waals surface area contributed by atoms with Crippen LogP contribution in [0.5, 0.6) is 0 Å². The zero-order valence-electron chi connectivity index (χ0n) is 10.1. The minimum atomic E-state index is 0. The molecule has 2 rings (SSSR count). The number of benzene rings is 1. The third-order valence-corrected chi connectivity index (χ3v) is 3.35. The van der Waals surface area contributed by atoms with Crippen molar-refractivity contribution in [2.75, 3.05) is 13.1 Å². The first-order chi connectivity index (χ1) is 8.24. The molecular weight excluding hydrogens is 316 g/mol. The predicted molar refractivity (Wildman–Crippen MR) is 78.8 cm³/mol. The van der Waals surface area contributed by atoms with Crippen LogP contribution in [0, 0.1) is 5.92 Å². The molecule has 0 unspecified atom stereocenters. The van der Waals surface area contributed by atoms with Gasteiger partial charge in [0.1, 0.15) is 0 Å². The van der Waals surface area contributed by atoms with E-state index in [4.69, 9.17) is 0 Å². The molecule has 5 heteroatoms. The van der Waals surface area contributed by atoms with Crippen LogP contribution in [0.3, 0.4) is 0 Å². The lowest BCUT2D eigenvalue weighted by atomic mass is 10.2. The average Bonchev–Trinajstić information content (AvgIpc) is 3.12. The van der Waals surface area contributed by atoms with Gasteiger partial charge in [-0.25, -0.2) is 0 Å². The van der Waals surface area contributed by atoms with E-state index in [1.165, 1.54) is 12.8 Å². The van der Waals surface area contributed by atoms with E-state index in [-0.39, 0.29) is 18.3 Å². The Hall–Kier alpha value is -0.580. The van der Waals surface area contributed by atoms with Gasteiger partial charge in [0.2, 0.25) is 5.91 Å². The van der Waals surface area contributed by atoms with Crippen LogP contribution in [-0.4, -0.2) is 19.0 Å². The smallest absolute Gasteiger partial charge is 0.234 e. The van der Waals surface area contributed by atoms with Crippen LogP contribution in [0.4, 0.5) is 0 Å². The van der Waals surface area contributed by atoms with Crippen LogP contribution in [0.2, 0.25) is 0 Å². The Morgan fingerprint density at radius 2 is 1.94 bits per heavy atom. The summed E-state index contributed by atoms with van der Waals surface area (Å²) >= 11 is 3.38. The second-order valence-electron chi connectivity index (χ2n) is 4.48. The third-order valence-electron chi connectivity index (χ3n) is 2.82. The number of nitrogens with one attached hydrogen (secondary N) is 2. The molecule has 0 aliphatic heterocycles. The molecule has 0 aromatic heterocycles. The van der Waals surface area contributed by atoms with E-state index < -0.39 is 0 Å². The summed E-state index contributed by atoms with van der Waals surface area (Å²) in [6, 6.07) is 7.96. The maximum absolute atomic E-state index is 11.5. The monoisotopic (exact) mass is 332 g/mol. The van der Waals surface area contributed by atoms with Crippen molar-refractivity contribution in [2.24, 2.45) is 5.92 Å². The second kappa shape index (κ2) is 7.77. The summed E-state index contributed by atoms with van der Waals surface area (Å²) in [6.07, 6.45) is 2.63. The Balaban J connectivity index is 0.00000162. The molecule has 0 atom stereocenters. The van der Waals surface area contributed by atoms with Gasteiger partial charge in [-0.05, 0) is 43.0 Å². The van der Waals surface area contributed by atoms with Gasteiger partial charge in [-0.15, -0.1) is 12.4 Å². The molecule has 0 heterocycles. The number of amides is 1. The van der Waals surface area contributed by atoms with Crippen molar-refractivity contribution in [3.8, 4) is 0 Å². The molecule has 1 aromatic rings. The Labute approximate surface area is 122 Å². The first-order valence-corrected chi connectivity index (χ1v) is 6.75. The zero-order valence-corrected chi connectivity index (χ0v) is 12.5. The van der Waals surface area contributed by atoms with E-state index in [2.05, 4.69) is 26.6 Å². The Bertz CT molecular complexity index is 379. The van der Waals surface area contributed by atoms with Crippen LogP contribution >= 0.6 is 28.3 Å². The zero-order chi connectivity index (χ0) is 12.1. The number of hydrogen-bond acceptors (Lipinski definition) is 2. The Morgan fingerprint density at radius 3 is 2.56 bits per heavy atom. The Morgan fingerprint density at radius 1 is 1.28 bits per heavy atom. The van der Waals surface area contributed by atoms with Gasteiger partial charge in [0, 0.05) is 11.0 Å². The molecule has 3 nitrogen and oxygen atoms in total. The van der Waals surface area contributed by atoms with Crippen LogP contribution in [0.1, 0.15) is 18.4 Å². The van der Waals surface area contributed by atoms with Crippen LogP contribution in [0.25, 0.3) is 0 Å². The van der Waals surface area contributed by atoms with Crippen molar-refractivity contribution in [1.82, 2.24) is 10.6 Å². The lowest BCUT2D eigenvalue weighted by molar-refractivity contribution is -0.120. The van der Waals surface area contributed by atoms with Crippen molar-refractivity contribution in [3.05, 3.63) is 34.3 Å². The summed E-state index contributed by atoms with van der Waals surface area (Å²) in [5.41, 5.74) is 1.11. The molecular formula is C13H18BrClN2O. The first-order valence-electron chi connectivity index (χ1n) is 5.96. The van der Waals surface area contributed by atoms with E-state index in [0.29, 0.717) is 13.1 Å². The largest absolute Gasteiger partial charge is 0.351 e. The highest BCUT2D eigenvalue weighted by Gasteiger charge is 2.20. The van der Waals surface area contributed by atoms with Crippen LogP contribution < -0.4 is 10.6 Å². The highest BCUT2D eigenvalue weighted by molar-refractivity contribution is 9.10. The standard InChI is InChI=1S/C13H17BrN2O.ClH/c14-12-5-3-11(4-6-12)8-16-13(17)9-15-7-10-1-2-10;/h3-6,10,15H,1-2,7-9H2,(H,16,17);1H. The maximum atomic E-state index is 11.5. The second-order valence-corrected chi connectivity index (χ2v) is 5.39. The fourth-order valence-corrected chi connectivity index (χ4v) is 1.84. The van der Waals surface area contributed by atoms with Crippen molar-refractivity contribution < 1.29 is 4.79 Å². The fourth-order valence-electron chi connectivity index (χ4n) is 1.58. The lowest BCUT2D eigenvalue weighted by Crippen LogP contribution is -2.34. The highest BCUT2D eigenvalue weighted by atomic mass is 79.9. The molecule has 1 aromatic carbocycles. The molecule has 0 spiro atoms. The highest BCUT2D eigenvalue weighted by Crippen LogP contribution is 2.27. The summed E-state index contributed by atoms with van der Waals surface area (Å²) in [7, 11) is 0. The molecule has 1 saturated carbocycles. The summed E-state index contributed by atoms with van der Waals surface area (Å²) in [4.78, 5) is 11.5. The van der Waals surface area contributed by atoms with E-state index in [1.54, 1.807) is 0 Å². The quantitative estimate of drug-likeness (QED) is 0.840. The molecule has 18 heavy (non-hydrogen) atoms. The minimum absolute atomic E-state index is 0. The SMILES string of the molecule is Cl.O=C(CNCC1CC1)NCc1ccc(Br)cc1. The predicted octanol–water partition coefficient (Wildman–Crippen LogP) is 2.49. The summed E-state index contributed by atoms with van der Waals surface area (Å²) in [5.74, 6) is 0.878. The van der Waals surface area contributed by atoms with E-state index in [1.807, 2.05) is 24.3 Å². The van der Waals surface area contributed by atoms with Gasteiger partial charge in [0.25, 0.3) is 0 Å². The molecule has 100 valence electrons. The third kappa shape index (κ3) is 5.85. The molecule has 1 aliphatic rings. The molecule has 0 saturated heterocycles. The van der Waals surface area contributed by atoms with Gasteiger partial charge in [-0.2, -0.15) is 0 Å². The van der Waals surface area contributed by atoms with Gasteiger partial charge < -0.3 is 10.6 Å². The topological polar surface area (TPSA) is 41.1 Å². The number of carbonyl (C=O) groups is 1. The number of rotatable bonds is 6. The van der Waals surface area contributed by atoms with E-state index in [0.717, 1.165) is 22.5 Å². The van der Waals surface area contributed by atoms with Crippen LogP contribution in [0.15, 0.2) is 28.7 Å². The van der Waals surface area contributed by atoms with E-state index >= 15 is 0 Å². The van der Waals surface area contributed by atoms with Gasteiger partial charge in [0.05, 0.1) is 6.54 Å².